The minimum Gasteiger partial charge on any atom is -0.507 e. The van der Waals surface area contributed by atoms with Gasteiger partial charge in [0, 0.05) is 16.3 Å². The standard InChI is InChI=1S/C17H14ClF3N2O2/c18-11-3-1-10(2-4-11)9-25-12-5-6-15(24)13(7-12)14(22)8-16(23)17(19,20)21/h1-8,23-24H,9,22H2/b14-8-,23-16?. The van der Waals surface area contributed by atoms with Crippen LogP contribution in [-0.2, 0) is 6.61 Å². The number of aromatic hydroxyl groups is 1. The van der Waals surface area contributed by atoms with Crippen LogP contribution in [0.5, 0.6) is 11.5 Å². The van der Waals surface area contributed by atoms with Gasteiger partial charge in [0.2, 0.25) is 0 Å². The van der Waals surface area contributed by atoms with E-state index in [0.717, 1.165) is 5.56 Å². The summed E-state index contributed by atoms with van der Waals surface area (Å²) in [6.45, 7) is 0.198. The molecule has 0 aliphatic carbocycles. The molecule has 0 atom stereocenters. The van der Waals surface area contributed by atoms with E-state index in [4.69, 9.17) is 27.5 Å². The first-order chi connectivity index (χ1) is 11.7. The average Bonchev–Trinajstić information content (AvgIpc) is 2.54. The fraction of sp³-hybridized carbons (Fsp3) is 0.118. The number of hydrogen-bond acceptors (Lipinski definition) is 4. The van der Waals surface area contributed by atoms with Gasteiger partial charge < -0.3 is 15.6 Å². The van der Waals surface area contributed by atoms with Gasteiger partial charge >= 0.3 is 6.18 Å². The van der Waals surface area contributed by atoms with Crippen LogP contribution >= 0.6 is 11.6 Å². The minimum atomic E-state index is -4.82. The second kappa shape index (κ2) is 7.48. The number of alkyl halides is 3. The Hall–Kier alpha value is -2.67. The summed E-state index contributed by atoms with van der Waals surface area (Å²) < 4.78 is 42.8. The van der Waals surface area contributed by atoms with Gasteiger partial charge in [-0.25, -0.2) is 0 Å². The number of nitrogens with one attached hydrogen (secondary N) is 1. The number of phenols is 1. The summed E-state index contributed by atoms with van der Waals surface area (Å²) in [7, 11) is 0. The van der Waals surface area contributed by atoms with E-state index < -0.39 is 17.6 Å². The molecule has 4 N–H and O–H groups in total. The van der Waals surface area contributed by atoms with Crippen LogP contribution in [0.15, 0.2) is 48.5 Å². The maximum atomic E-state index is 12.4. The van der Waals surface area contributed by atoms with E-state index in [1.54, 1.807) is 24.3 Å². The number of benzene rings is 2. The Bertz CT molecular complexity index is 803. The average molecular weight is 371 g/mol. The molecule has 0 amide bonds. The number of ether oxygens (including phenoxy) is 1. The third kappa shape index (κ3) is 5.15. The summed E-state index contributed by atoms with van der Waals surface area (Å²) in [5, 5.41) is 17.3. The van der Waals surface area contributed by atoms with Gasteiger partial charge in [-0.3, -0.25) is 5.41 Å². The van der Waals surface area contributed by atoms with Crippen molar-refractivity contribution in [2.75, 3.05) is 0 Å². The Morgan fingerprint density at radius 3 is 2.44 bits per heavy atom. The molecule has 0 aliphatic heterocycles. The number of allylic oxidation sites excluding steroid dienone is 1. The van der Waals surface area contributed by atoms with Crippen molar-refractivity contribution in [2.45, 2.75) is 12.8 Å². The van der Waals surface area contributed by atoms with E-state index in [0.29, 0.717) is 16.8 Å². The molecule has 0 aliphatic rings. The topological polar surface area (TPSA) is 79.3 Å². The van der Waals surface area contributed by atoms with Gasteiger partial charge in [0.25, 0.3) is 0 Å². The summed E-state index contributed by atoms with van der Waals surface area (Å²) in [6, 6.07) is 10.9. The fourth-order valence-electron chi connectivity index (χ4n) is 1.90. The maximum absolute atomic E-state index is 12.4. The monoisotopic (exact) mass is 370 g/mol. The van der Waals surface area contributed by atoms with E-state index in [2.05, 4.69) is 0 Å². The largest absolute Gasteiger partial charge is 0.507 e. The molecule has 25 heavy (non-hydrogen) atoms. The maximum Gasteiger partial charge on any atom is 0.432 e. The van der Waals surface area contributed by atoms with Crippen LogP contribution in [0.1, 0.15) is 11.1 Å². The van der Waals surface area contributed by atoms with Crippen molar-refractivity contribution >= 4 is 23.0 Å². The number of nitrogens with two attached hydrogens (primary N) is 1. The second-order valence-corrected chi connectivity index (χ2v) is 5.54. The van der Waals surface area contributed by atoms with Crippen LogP contribution in [0.2, 0.25) is 5.02 Å². The molecule has 0 aromatic heterocycles. The molecule has 4 nitrogen and oxygen atoms in total. The lowest BCUT2D eigenvalue weighted by Crippen LogP contribution is -2.20. The zero-order chi connectivity index (χ0) is 18.6. The minimum absolute atomic E-state index is 0.0531. The first-order valence-corrected chi connectivity index (χ1v) is 7.38. The van der Waals surface area contributed by atoms with E-state index in [-0.39, 0.29) is 17.9 Å². The molecule has 132 valence electrons. The van der Waals surface area contributed by atoms with Crippen LogP contribution in [0.4, 0.5) is 13.2 Å². The van der Waals surface area contributed by atoms with Crippen molar-refractivity contribution < 1.29 is 23.0 Å². The zero-order valence-electron chi connectivity index (χ0n) is 12.8. The number of rotatable bonds is 5. The summed E-state index contributed by atoms with van der Waals surface area (Å²) in [5.41, 5.74) is 4.35. The van der Waals surface area contributed by atoms with Crippen molar-refractivity contribution in [2.24, 2.45) is 5.73 Å². The molecular formula is C17H14ClF3N2O2. The number of hydrogen-bond donors (Lipinski definition) is 3. The lowest BCUT2D eigenvalue weighted by atomic mass is 10.1. The summed E-state index contributed by atoms with van der Waals surface area (Å²) in [6.07, 6.45) is -4.37. The highest BCUT2D eigenvalue weighted by atomic mass is 35.5. The van der Waals surface area contributed by atoms with Crippen LogP contribution in [0.3, 0.4) is 0 Å². The third-order valence-corrected chi connectivity index (χ3v) is 3.45. The second-order valence-electron chi connectivity index (χ2n) is 5.11. The Labute approximate surface area is 146 Å². The van der Waals surface area contributed by atoms with Crippen LogP contribution < -0.4 is 10.5 Å². The lowest BCUT2D eigenvalue weighted by molar-refractivity contribution is -0.0583. The van der Waals surface area contributed by atoms with E-state index in [1.165, 1.54) is 18.2 Å². The summed E-state index contributed by atoms with van der Waals surface area (Å²) in [4.78, 5) is 0. The van der Waals surface area contributed by atoms with Crippen molar-refractivity contribution in [3.63, 3.8) is 0 Å². The van der Waals surface area contributed by atoms with Gasteiger partial charge in [-0.15, -0.1) is 0 Å². The van der Waals surface area contributed by atoms with Crippen LogP contribution in [-0.4, -0.2) is 17.0 Å². The van der Waals surface area contributed by atoms with Gasteiger partial charge in [-0.05, 0) is 42.0 Å². The van der Waals surface area contributed by atoms with E-state index in [9.17, 15) is 18.3 Å². The van der Waals surface area contributed by atoms with E-state index >= 15 is 0 Å². The van der Waals surface area contributed by atoms with Crippen molar-refractivity contribution in [3.8, 4) is 11.5 Å². The van der Waals surface area contributed by atoms with Gasteiger partial charge in [0.15, 0.2) is 0 Å². The molecule has 2 aromatic carbocycles. The Morgan fingerprint density at radius 1 is 1.20 bits per heavy atom. The molecule has 0 bridgehead atoms. The molecule has 0 spiro atoms. The molecule has 8 heteroatoms. The highest BCUT2D eigenvalue weighted by molar-refractivity contribution is 6.30. The molecule has 0 saturated heterocycles. The zero-order valence-corrected chi connectivity index (χ0v) is 13.5. The van der Waals surface area contributed by atoms with Gasteiger partial charge in [-0.1, -0.05) is 23.7 Å². The van der Waals surface area contributed by atoms with Crippen molar-refractivity contribution in [3.05, 3.63) is 64.7 Å². The smallest absolute Gasteiger partial charge is 0.432 e. The molecule has 0 saturated carbocycles. The summed E-state index contributed by atoms with van der Waals surface area (Å²) in [5.74, 6) is -0.0137. The van der Waals surface area contributed by atoms with Crippen LogP contribution in [0, 0.1) is 5.41 Å². The highest BCUT2D eigenvalue weighted by Gasteiger charge is 2.33. The predicted octanol–water partition coefficient (Wildman–Crippen LogP) is 4.51. The third-order valence-electron chi connectivity index (χ3n) is 3.20. The first kappa shape index (κ1) is 18.7. The van der Waals surface area contributed by atoms with Crippen molar-refractivity contribution in [1.29, 1.82) is 5.41 Å². The normalized spacial score (nSPS) is 12.1. The van der Waals surface area contributed by atoms with Crippen LogP contribution in [0.25, 0.3) is 5.70 Å². The lowest BCUT2D eigenvalue weighted by Gasteiger charge is -2.11. The van der Waals surface area contributed by atoms with Gasteiger partial charge in [0.1, 0.15) is 23.8 Å². The first-order valence-electron chi connectivity index (χ1n) is 7.00. The molecule has 0 heterocycles. The van der Waals surface area contributed by atoms with Crippen molar-refractivity contribution in [1.82, 2.24) is 0 Å². The van der Waals surface area contributed by atoms with Gasteiger partial charge in [-0.2, -0.15) is 13.2 Å². The SMILES string of the molecule is N=C(/C=C(\N)c1cc(OCc2ccc(Cl)cc2)ccc1O)C(F)(F)F. The molecule has 0 fully saturated rings. The fourth-order valence-corrected chi connectivity index (χ4v) is 2.02. The Kier molecular flexibility index (Phi) is 5.58. The molecule has 2 aromatic rings. The number of halogens is 4. The number of phenolic OH excluding ortho intramolecular Hbond substituents is 1. The Morgan fingerprint density at radius 2 is 1.84 bits per heavy atom. The molecule has 0 radical (unpaired) electrons. The quantitative estimate of drug-likeness (QED) is 0.678. The predicted molar refractivity (Wildman–Crippen MR) is 89.8 cm³/mol. The molecule has 2 rings (SSSR count). The van der Waals surface area contributed by atoms with Gasteiger partial charge in [0.05, 0.1) is 0 Å². The Balaban J connectivity index is 2.18. The summed E-state index contributed by atoms with van der Waals surface area (Å²) >= 11 is 5.79. The molecular weight excluding hydrogens is 357 g/mol. The highest BCUT2D eigenvalue weighted by Crippen LogP contribution is 2.28. The molecule has 0 unspecified atom stereocenters. The van der Waals surface area contributed by atoms with E-state index in [1.807, 2.05) is 0 Å².